The molecule has 0 aromatic heterocycles. The zero-order valence-corrected chi connectivity index (χ0v) is 8.71. The van der Waals surface area contributed by atoms with E-state index in [9.17, 15) is 0 Å². The summed E-state index contributed by atoms with van der Waals surface area (Å²) >= 11 is 0. The van der Waals surface area contributed by atoms with Gasteiger partial charge in [0.1, 0.15) is 0 Å². The minimum atomic E-state index is -0.0752. The third-order valence-corrected chi connectivity index (χ3v) is 2.58. The Labute approximate surface area is 85.7 Å². The third kappa shape index (κ3) is 5.54. The van der Waals surface area contributed by atoms with Crippen molar-refractivity contribution < 1.29 is 10.2 Å². The number of nitrogens with one attached hydrogen (secondary N) is 2. The van der Waals surface area contributed by atoms with Gasteiger partial charge < -0.3 is 20.8 Å². The van der Waals surface area contributed by atoms with Gasteiger partial charge in [0, 0.05) is 6.54 Å². The molecule has 2 heterocycles. The summed E-state index contributed by atoms with van der Waals surface area (Å²) in [5.74, 6) is 0. The molecular weight excluding hydrogens is 180 g/mol. The Bertz CT molecular complexity index is 116. The summed E-state index contributed by atoms with van der Waals surface area (Å²) < 4.78 is 0. The van der Waals surface area contributed by atoms with Crippen molar-refractivity contribution >= 4 is 0 Å². The van der Waals surface area contributed by atoms with Crippen LogP contribution in [0.1, 0.15) is 25.7 Å². The van der Waals surface area contributed by atoms with Gasteiger partial charge in [-0.2, -0.15) is 0 Å². The molecule has 4 N–H and O–H groups in total. The topological polar surface area (TPSA) is 64.5 Å². The van der Waals surface area contributed by atoms with E-state index in [1.165, 1.54) is 0 Å². The van der Waals surface area contributed by atoms with Crippen molar-refractivity contribution in [1.82, 2.24) is 10.6 Å². The lowest BCUT2D eigenvalue weighted by atomic mass is 10.1. The first-order chi connectivity index (χ1) is 6.79. The summed E-state index contributed by atoms with van der Waals surface area (Å²) in [4.78, 5) is 0. The molecule has 2 rings (SSSR count). The van der Waals surface area contributed by atoms with Crippen LogP contribution in [0.25, 0.3) is 0 Å². The first kappa shape index (κ1) is 11.9. The Hall–Kier alpha value is -0.160. The highest BCUT2D eigenvalue weighted by atomic mass is 16.3. The standard InChI is InChI=1S/2C5H11NO/c7-5-1-3-6-4-2-5;7-5-2-1-3-6-4-5/h2*5-7H,1-4H2. The van der Waals surface area contributed by atoms with Crippen LogP contribution < -0.4 is 10.6 Å². The third-order valence-electron chi connectivity index (χ3n) is 2.58. The van der Waals surface area contributed by atoms with Crippen LogP contribution in [0.3, 0.4) is 0 Å². The first-order valence-corrected chi connectivity index (χ1v) is 5.56. The van der Waals surface area contributed by atoms with Crippen LogP contribution in [0.4, 0.5) is 0 Å². The van der Waals surface area contributed by atoms with Gasteiger partial charge in [-0.3, -0.25) is 0 Å². The van der Waals surface area contributed by atoms with Crippen LogP contribution >= 0.6 is 0 Å². The van der Waals surface area contributed by atoms with Crippen LogP contribution in [-0.4, -0.2) is 48.6 Å². The predicted octanol–water partition coefficient (Wildman–Crippen LogP) is -0.539. The molecule has 0 aromatic rings. The minimum Gasteiger partial charge on any atom is -0.393 e. The van der Waals surface area contributed by atoms with Crippen molar-refractivity contribution in [2.24, 2.45) is 0 Å². The molecule has 1 unspecified atom stereocenters. The normalized spacial score (nSPS) is 29.1. The highest BCUT2D eigenvalue weighted by Crippen LogP contribution is 1.99. The SMILES string of the molecule is OC1CCCNC1.OC1CCNCC1. The molecule has 0 amide bonds. The maximum atomic E-state index is 8.87. The Morgan fingerprint density at radius 3 is 1.79 bits per heavy atom. The van der Waals surface area contributed by atoms with Gasteiger partial charge in [-0.15, -0.1) is 0 Å². The second-order valence-electron chi connectivity index (χ2n) is 3.98. The lowest BCUT2D eigenvalue weighted by molar-refractivity contribution is 0.137. The molecule has 0 bridgehead atoms. The van der Waals surface area contributed by atoms with Gasteiger partial charge in [0.15, 0.2) is 0 Å². The van der Waals surface area contributed by atoms with E-state index in [2.05, 4.69) is 10.6 Å². The molecule has 4 heteroatoms. The first-order valence-electron chi connectivity index (χ1n) is 5.56. The van der Waals surface area contributed by atoms with E-state index in [0.717, 1.165) is 51.9 Å². The number of hydrogen-bond acceptors (Lipinski definition) is 4. The molecule has 2 aliphatic rings. The molecular formula is C10H22N2O2. The maximum Gasteiger partial charge on any atom is 0.0665 e. The Morgan fingerprint density at radius 1 is 0.786 bits per heavy atom. The lowest BCUT2D eigenvalue weighted by Crippen LogP contribution is -2.33. The smallest absolute Gasteiger partial charge is 0.0665 e. The Kier molecular flexibility index (Phi) is 6.10. The van der Waals surface area contributed by atoms with Crippen molar-refractivity contribution in [2.45, 2.75) is 37.9 Å². The zero-order chi connectivity index (χ0) is 10.2. The zero-order valence-electron chi connectivity index (χ0n) is 8.71. The van der Waals surface area contributed by atoms with E-state index in [-0.39, 0.29) is 12.2 Å². The van der Waals surface area contributed by atoms with E-state index in [0.29, 0.717) is 0 Å². The number of aliphatic hydroxyl groups is 2. The second-order valence-corrected chi connectivity index (χ2v) is 3.98. The Balaban J connectivity index is 0.000000140. The minimum absolute atomic E-state index is 0.0266. The fourth-order valence-electron chi connectivity index (χ4n) is 1.64. The predicted molar refractivity (Wildman–Crippen MR) is 56.2 cm³/mol. The van der Waals surface area contributed by atoms with Gasteiger partial charge in [-0.25, -0.2) is 0 Å². The fourth-order valence-corrected chi connectivity index (χ4v) is 1.64. The summed E-state index contributed by atoms with van der Waals surface area (Å²) in [6, 6.07) is 0. The molecule has 14 heavy (non-hydrogen) atoms. The number of β-amino-alcohol motifs (C(OH)–C–C–N with tert-alkyl or cyclic N) is 1. The molecule has 84 valence electrons. The van der Waals surface area contributed by atoms with Gasteiger partial charge >= 0.3 is 0 Å². The summed E-state index contributed by atoms with van der Waals surface area (Å²) in [5, 5.41) is 24.0. The molecule has 0 spiro atoms. The van der Waals surface area contributed by atoms with Gasteiger partial charge in [0.25, 0.3) is 0 Å². The van der Waals surface area contributed by atoms with E-state index in [4.69, 9.17) is 10.2 Å². The molecule has 0 radical (unpaired) electrons. The molecule has 0 saturated carbocycles. The van der Waals surface area contributed by atoms with Crippen LogP contribution in [-0.2, 0) is 0 Å². The average molecular weight is 202 g/mol. The van der Waals surface area contributed by atoms with Gasteiger partial charge in [-0.1, -0.05) is 0 Å². The number of hydrogen-bond donors (Lipinski definition) is 4. The number of piperidine rings is 2. The second kappa shape index (κ2) is 7.17. The summed E-state index contributed by atoms with van der Waals surface area (Å²) in [5.41, 5.74) is 0. The lowest BCUT2D eigenvalue weighted by Gasteiger charge is -2.16. The molecule has 2 fully saturated rings. The molecule has 2 aliphatic heterocycles. The van der Waals surface area contributed by atoms with Gasteiger partial charge in [0.05, 0.1) is 12.2 Å². The summed E-state index contributed by atoms with van der Waals surface area (Å²) in [6.07, 6.45) is 3.86. The highest BCUT2D eigenvalue weighted by Gasteiger charge is 2.07. The molecule has 4 nitrogen and oxygen atoms in total. The summed E-state index contributed by atoms with van der Waals surface area (Å²) in [7, 11) is 0. The van der Waals surface area contributed by atoms with Crippen molar-refractivity contribution in [2.75, 3.05) is 26.2 Å². The molecule has 2 saturated heterocycles. The molecule has 1 atom stereocenters. The quantitative estimate of drug-likeness (QED) is 0.426. The van der Waals surface area contributed by atoms with Crippen molar-refractivity contribution in [1.29, 1.82) is 0 Å². The fraction of sp³-hybridized carbons (Fsp3) is 1.00. The van der Waals surface area contributed by atoms with E-state index < -0.39 is 0 Å². The number of aliphatic hydroxyl groups excluding tert-OH is 2. The van der Waals surface area contributed by atoms with Gasteiger partial charge in [-0.05, 0) is 45.3 Å². The molecule has 0 aromatic carbocycles. The van der Waals surface area contributed by atoms with Crippen LogP contribution in [0, 0.1) is 0 Å². The van der Waals surface area contributed by atoms with E-state index in [1.54, 1.807) is 0 Å². The van der Waals surface area contributed by atoms with Crippen LogP contribution in [0.2, 0.25) is 0 Å². The largest absolute Gasteiger partial charge is 0.393 e. The van der Waals surface area contributed by atoms with Crippen molar-refractivity contribution in [3.05, 3.63) is 0 Å². The van der Waals surface area contributed by atoms with Crippen molar-refractivity contribution in [3.8, 4) is 0 Å². The molecule has 0 aliphatic carbocycles. The van der Waals surface area contributed by atoms with E-state index in [1.807, 2.05) is 0 Å². The van der Waals surface area contributed by atoms with E-state index >= 15 is 0 Å². The summed E-state index contributed by atoms with van der Waals surface area (Å²) in [6.45, 7) is 3.85. The van der Waals surface area contributed by atoms with Crippen molar-refractivity contribution in [3.63, 3.8) is 0 Å². The van der Waals surface area contributed by atoms with Crippen LogP contribution in [0.15, 0.2) is 0 Å². The highest BCUT2D eigenvalue weighted by molar-refractivity contribution is 4.65. The average Bonchev–Trinajstić information content (AvgIpc) is 2.21. The maximum absolute atomic E-state index is 8.87. The van der Waals surface area contributed by atoms with Gasteiger partial charge in [0.2, 0.25) is 0 Å². The Morgan fingerprint density at radius 2 is 1.50 bits per heavy atom. The number of rotatable bonds is 0. The van der Waals surface area contributed by atoms with Crippen LogP contribution in [0.5, 0.6) is 0 Å². The monoisotopic (exact) mass is 202 g/mol.